The Balaban J connectivity index is 1.75. The van der Waals surface area contributed by atoms with Crippen LogP contribution in [0.2, 0.25) is 0 Å². The van der Waals surface area contributed by atoms with Gasteiger partial charge in [0.15, 0.2) is 11.6 Å². The van der Waals surface area contributed by atoms with Gasteiger partial charge >= 0.3 is 0 Å². The Kier molecular flexibility index (Phi) is 3.54. The molecule has 2 aromatic carbocycles. The Morgan fingerprint density at radius 3 is 2.85 bits per heavy atom. The average Bonchev–Trinajstić information content (AvgIpc) is 2.49. The topological polar surface area (TPSA) is 21.3 Å². The summed E-state index contributed by atoms with van der Waals surface area (Å²) in [5.74, 6) is -0.539. The van der Waals surface area contributed by atoms with E-state index in [1.165, 1.54) is 6.07 Å². The molecule has 0 fully saturated rings. The number of nitrogens with one attached hydrogen (secondary N) is 1. The highest BCUT2D eigenvalue weighted by molar-refractivity contribution is 5.46. The van der Waals surface area contributed by atoms with E-state index in [-0.39, 0.29) is 11.6 Å². The number of rotatable bonds is 3. The van der Waals surface area contributed by atoms with Crippen LogP contribution in [0.15, 0.2) is 42.5 Å². The van der Waals surface area contributed by atoms with Gasteiger partial charge in [0.05, 0.1) is 12.3 Å². The first kappa shape index (κ1) is 12.9. The summed E-state index contributed by atoms with van der Waals surface area (Å²) < 4.78 is 32.3. The standard InChI is InChI=1S/C16H15F2NO/c17-13-5-3-6-14(16(13)18)19-10-11-8-9-20-15-7-2-1-4-12(11)15/h1-7,11,19H,8-10H2. The fourth-order valence-corrected chi connectivity index (χ4v) is 2.50. The van der Waals surface area contributed by atoms with Crippen molar-refractivity contribution in [3.8, 4) is 5.75 Å². The highest BCUT2D eigenvalue weighted by Gasteiger charge is 2.21. The van der Waals surface area contributed by atoms with Crippen LogP contribution in [0.4, 0.5) is 14.5 Å². The minimum atomic E-state index is -0.831. The summed E-state index contributed by atoms with van der Waals surface area (Å²) >= 11 is 0. The molecule has 0 amide bonds. The molecule has 20 heavy (non-hydrogen) atoms. The lowest BCUT2D eigenvalue weighted by Gasteiger charge is -2.26. The van der Waals surface area contributed by atoms with E-state index < -0.39 is 11.6 Å². The lowest BCUT2D eigenvalue weighted by Crippen LogP contribution is -2.21. The van der Waals surface area contributed by atoms with Crippen molar-refractivity contribution in [1.82, 2.24) is 0 Å². The molecule has 2 aromatic rings. The third-order valence-corrected chi connectivity index (χ3v) is 3.57. The molecule has 3 rings (SSSR count). The van der Waals surface area contributed by atoms with Gasteiger partial charge < -0.3 is 10.1 Å². The van der Waals surface area contributed by atoms with E-state index in [4.69, 9.17) is 4.74 Å². The Morgan fingerprint density at radius 2 is 1.95 bits per heavy atom. The molecule has 0 aromatic heterocycles. The van der Waals surface area contributed by atoms with Crippen LogP contribution < -0.4 is 10.1 Å². The van der Waals surface area contributed by atoms with Gasteiger partial charge in [-0.15, -0.1) is 0 Å². The van der Waals surface area contributed by atoms with Crippen molar-refractivity contribution in [3.63, 3.8) is 0 Å². The summed E-state index contributed by atoms with van der Waals surface area (Å²) in [7, 11) is 0. The molecular formula is C16H15F2NO. The summed E-state index contributed by atoms with van der Waals surface area (Å²) in [6, 6.07) is 12.0. The normalized spacial score (nSPS) is 17.2. The molecule has 0 saturated carbocycles. The number of hydrogen-bond donors (Lipinski definition) is 1. The summed E-state index contributed by atoms with van der Waals surface area (Å²) in [6.45, 7) is 1.20. The number of hydrogen-bond acceptors (Lipinski definition) is 2. The molecule has 1 heterocycles. The van der Waals surface area contributed by atoms with Crippen molar-refractivity contribution in [3.05, 3.63) is 59.7 Å². The second kappa shape index (κ2) is 5.49. The van der Waals surface area contributed by atoms with Crippen molar-refractivity contribution in [1.29, 1.82) is 0 Å². The lowest BCUT2D eigenvalue weighted by atomic mass is 9.93. The first-order valence-electron chi connectivity index (χ1n) is 6.65. The first-order chi connectivity index (χ1) is 9.75. The summed E-state index contributed by atoms with van der Waals surface area (Å²) in [5.41, 5.74) is 1.32. The molecule has 0 aliphatic carbocycles. The van der Waals surface area contributed by atoms with E-state index >= 15 is 0 Å². The molecule has 0 saturated heterocycles. The third kappa shape index (κ3) is 2.46. The summed E-state index contributed by atoms with van der Waals surface area (Å²) in [4.78, 5) is 0. The second-order valence-electron chi connectivity index (χ2n) is 4.85. The van der Waals surface area contributed by atoms with E-state index in [0.29, 0.717) is 13.2 Å². The maximum absolute atomic E-state index is 13.6. The van der Waals surface area contributed by atoms with Gasteiger partial charge in [-0.25, -0.2) is 8.78 Å². The van der Waals surface area contributed by atoms with Gasteiger partial charge in [0, 0.05) is 12.5 Å². The fraction of sp³-hybridized carbons (Fsp3) is 0.250. The minimum Gasteiger partial charge on any atom is -0.493 e. The van der Waals surface area contributed by atoms with Gasteiger partial charge in [0.2, 0.25) is 0 Å². The molecule has 1 unspecified atom stereocenters. The molecule has 0 radical (unpaired) electrons. The minimum absolute atomic E-state index is 0.203. The van der Waals surface area contributed by atoms with Gasteiger partial charge in [0.1, 0.15) is 5.75 Å². The number of anilines is 1. The lowest BCUT2D eigenvalue weighted by molar-refractivity contribution is 0.270. The van der Waals surface area contributed by atoms with E-state index in [2.05, 4.69) is 5.32 Å². The molecule has 2 nitrogen and oxygen atoms in total. The van der Waals surface area contributed by atoms with Gasteiger partial charge in [-0.3, -0.25) is 0 Å². The summed E-state index contributed by atoms with van der Waals surface area (Å²) in [5, 5.41) is 2.99. The summed E-state index contributed by atoms with van der Waals surface area (Å²) in [6.07, 6.45) is 0.862. The number of halogens is 2. The Morgan fingerprint density at radius 1 is 1.10 bits per heavy atom. The zero-order chi connectivity index (χ0) is 13.9. The predicted octanol–water partition coefficient (Wildman–Crippen LogP) is 3.94. The van der Waals surface area contributed by atoms with E-state index in [1.807, 2.05) is 24.3 Å². The van der Waals surface area contributed by atoms with Crippen LogP contribution in [0, 0.1) is 11.6 Å². The van der Waals surface area contributed by atoms with E-state index in [9.17, 15) is 8.78 Å². The maximum atomic E-state index is 13.6. The zero-order valence-electron chi connectivity index (χ0n) is 10.9. The highest BCUT2D eigenvalue weighted by atomic mass is 19.2. The molecule has 1 aliphatic heterocycles. The highest BCUT2D eigenvalue weighted by Crippen LogP contribution is 2.33. The number of benzene rings is 2. The Hall–Kier alpha value is -2.10. The molecule has 4 heteroatoms. The molecule has 1 aliphatic rings. The first-order valence-corrected chi connectivity index (χ1v) is 6.65. The third-order valence-electron chi connectivity index (χ3n) is 3.57. The van der Waals surface area contributed by atoms with Gasteiger partial charge in [-0.1, -0.05) is 24.3 Å². The van der Waals surface area contributed by atoms with Gasteiger partial charge in [-0.2, -0.15) is 0 Å². The Labute approximate surface area is 116 Å². The molecular weight excluding hydrogens is 260 g/mol. The predicted molar refractivity (Wildman–Crippen MR) is 74.1 cm³/mol. The SMILES string of the molecule is Fc1cccc(NCC2CCOc3ccccc32)c1F. The van der Waals surface area contributed by atoms with Crippen molar-refractivity contribution in [2.24, 2.45) is 0 Å². The van der Waals surface area contributed by atoms with Gasteiger partial charge in [0.25, 0.3) is 0 Å². The monoisotopic (exact) mass is 275 g/mol. The van der Waals surface area contributed by atoms with Crippen molar-refractivity contribution in [2.75, 3.05) is 18.5 Å². The van der Waals surface area contributed by atoms with Crippen molar-refractivity contribution < 1.29 is 13.5 Å². The van der Waals surface area contributed by atoms with Crippen LogP contribution in [-0.4, -0.2) is 13.2 Å². The van der Waals surface area contributed by atoms with Crippen LogP contribution >= 0.6 is 0 Å². The molecule has 0 spiro atoms. The number of fused-ring (bicyclic) bond motifs is 1. The molecule has 0 bridgehead atoms. The van der Waals surface area contributed by atoms with E-state index in [0.717, 1.165) is 23.8 Å². The van der Waals surface area contributed by atoms with Crippen LogP contribution in [0.3, 0.4) is 0 Å². The zero-order valence-corrected chi connectivity index (χ0v) is 10.9. The molecule has 1 N–H and O–H groups in total. The smallest absolute Gasteiger partial charge is 0.181 e. The van der Waals surface area contributed by atoms with E-state index in [1.54, 1.807) is 6.07 Å². The van der Waals surface area contributed by atoms with Crippen LogP contribution in [0.5, 0.6) is 5.75 Å². The number of ether oxygens (including phenoxy) is 1. The Bertz CT molecular complexity index is 615. The van der Waals surface area contributed by atoms with Crippen LogP contribution in [0.1, 0.15) is 17.9 Å². The largest absolute Gasteiger partial charge is 0.493 e. The average molecular weight is 275 g/mol. The quantitative estimate of drug-likeness (QED) is 0.916. The fourth-order valence-electron chi connectivity index (χ4n) is 2.50. The maximum Gasteiger partial charge on any atom is 0.181 e. The van der Waals surface area contributed by atoms with Gasteiger partial charge in [-0.05, 0) is 30.2 Å². The molecule has 104 valence electrons. The van der Waals surface area contributed by atoms with Crippen molar-refractivity contribution in [2.45, 2.75) is 12.3 Å². The number of para-hydroxylation sites is 1. The van der Waals surface area contributed by atoms with Crippen LogP contribution in [-0.2, 0) is 0 Å². The molecule has 1 atom stereocenters. The van der Waals surface area contributed by atoms with Crippen molar-refractivity contribution >= 4 is 5.69 Å². The second-order valence-corrected chi connectivity index (χ2v) is 4.85. The van der Waals surface area contributed by atoms with Crippen LogP contribution in [0.25, 0.3) is 0 Å².